The van der Waals surface area contributed by atoms with Crippen LogP contribution in [0.25, 0.3) is 0 Å². The van der Waals surface area contributed by atoms with Crippen LogP contribution in [-0.4, -0.2) is 25.2 Å². The summed E-state index contributed by atoms with van der Waals surface area (Å²) in [6.45, 7) is 5.44. The van der Waals surface area contributed by atoms with Crippen LogP contribution in [0.3, 0.4) is 0 Å². The van der Waals surface area contributed by atoms with E-state index in [1.807, 2.05) is 13.8 Å². The van der Waals surface area contributed by atoms with Crippen LogP contribution in [0.15, 0.2) is 29.2 Å². The first-order valence-corrected chi connectivity index (χ1v) is 7.45. The van der Waals surface area contributed by atoms with Gasteiger partial charge in [-0.15, -0.1) is 0 Å². The van der Waals surface area contributed by atoms with E-state index in [0.717, 1.165) is 5.56 Å². The van der Waals surface area contributed by atoms with Crippen molar-refractivity contribution in [1.82, 2.24) is 0 Å². The largest absolute Gasteiger partial charge is 0.481 e. The lowest BCUT2D eigenvalue weighted by atomic mass is 10.0. The summed E-state index contributed by atoms with van der Waals surface area (Å²) in [6.07, 6.45) is 0. The minimum Gasteiger partial charge on any atom is -0.481 e. The maximum atomic E-state index is 12.0. The molecule has 5 heteroatoms. The Kier molecular flexibility index (Phi) is 4.51. The Morgan fingerprint density at radius 3 is 2.06 bits per heavy atom. The monoisotopic (exact) mass is 270 g/mol. The first-order valence-electron chi connectivity index (χ1n) is 5.79. The Balaban J connectivity index is 2.95. The summed E-state index contributed by atoms with van der Waals surface area (Å²) in [5, 5.41) is 8.74. The number of carbonyl (C=O) groups is 1. The molecule has 18 heavy (non-hydrogen) atoms. The second-order valence-corrected chi connectivity index (χ2v) is 6.78. The first kappa shape index (κ1) is 14.7. The highest BCUT2D eigenvalue weighted by atomic mass is 32.2. The van der Waals surface area contributed by atoms with Gasteiger partial charge in [-0.3, -0.25) is 4.79 Å². The molecule has 4 nitrogen and oxygen atoms in total. The van der Waals surface area contributed by atoms with Crippen molar-refractivity contribution in [3.8, 4) is 0 Å². The minimum absolute atomic E-state index is 0.181. The van der Waals surface area contributed by atoms with Crippen LogP contribution in [0.5, 0.6) is 0 Å². The van der Waals surface area contributed by atoms with Crippen molar-refractivity contribution in [2.45, 2.75) is 31.6 Å². The third-order valence-corrected chi connectivity index (χ3v) is 4.73. The zero-order valence-corrected chi connectivity index (χ0v) is 11.6. The number of aliphatic carboxylic acids is 1. The highest BCUT2D eigenvalue weighted by Crippen LogP contribution is 2.19. The lowest BCUT2D eigenvalue weighted by molar-refractivity contribution is -0.140. The van der Waals surface area contributed by atoms with Gasteiger partial charge in [0, 0.05) is 0 Å². The lowest BCUT2D eigenvalue weighted by Gasteiger charge is -2.09. The summed E-state index contributed by atoms with van der Waals surface area (Å²) in [7, 11) is -3.53. The number of rotatable bonds is 5. The fourth-order valence-corrected chi connectivity index (χ4v) is 3.10. The van der Waals surface area contributed by atoms with Gasteiger partial charge in [-0.1, -0.05) is 32.9 Å². The molecule has 0 saturated carbocycles. The van der Waals surface area contributed by atoms with E-state index in [2.05, 4.69) is 0 Å². The average molecular weight is 270 g/mol. The van der Waals surface area contributed by atoms with E-state index in [1.54, 1.807) is 24.3 Å². The fraction of sp³-hybridized carbons (Fsp3) is 0.462. The molecule has 0 bridgehead atoms. The van der Waals surface area contributed by atoms with Gasteiger partial charge in [0.1, 0.15) is 0 Å². The van der Waals surface area contributed by atoms with Gasteiger partial charge in [-0.2, -0.15) is 0 Å². The van der Waals surface area contributed by atoms with Gasteiger partial charge in [0.2, 0.25) is 0 Å². The number of carboxylic acids is 1. The molecule has 1 N–H and O–H groups in total. The summed E-state index contributed by atoms with van der Waals surface area (Å²) >= 11 is 0. The molecule has 0 amide bonds. The molecule has 0 aromatic heterocycles. The molecule has 0 fully saturated rings. The van der Waals surface area contributed by atoms with Crippen LogP contribution in [0, 0.1) is 5.92 Å². The Bertz CT molecular complexity index is 514. The third-order valence-electron chi connectivity index (χ3n) is 2.80. The van der Waals surface area contributed by atoms with Crippen LogP contribution in [0.4, 0.5) is 0 Å². The maximum absolute atomic E-state index is 12.0. The normalized spacial score (nSPS) is 13.6. The van der Waals surface area contributed by atoms with Crippen LogP contribution < -0.4 is 0 Å². The number of benzene rings is 1. The Hall–Kier alpha value is -1.36. The standard InChI is InChI=1S/C13H18O4S/c1-9(2)11-4-6-12(7-5-11)18(16,17)8-10(3)13(14)15/h4-7,9-10H,8H2,1-3H3,(H,14,15). The fourth-order valence-electron chi connectivity index (χ4n) is 1.56. The summed E-state index contributed by atoms with van der Waals surface area (Å²) < 4.78 is 23.9. The van der Waals surface area contributed by atoms with Crippen LogP contribution >= 0.6 is 0 Å². The molecule has 1 aromatic rings. The van der Waals surface area contributed by atoms with Gasteiger partial charge in [0.15, 0.2) is 9.84 Å². The predicted octanol–water partition coefficient (Wildman–Crippen LogP) is 2.30. The second kappa shape index (κ2) is 5.52. The van der Waals surface area contributed by atoms with Crippen LogP contribution in [0.2, 0.25) is 0 Å². The van der Waals surface area contributed by atoms with E-state index in [-0.39, 0.29) is 10.6 Å². The van der Waals surface area contributed by atoms with Crippen molar-refractivity contribution in [3.63, 3.8) is 0 Å². The van der Waals surface area contributed by atoms with E-state index >= 15 is 0 Å². The maximum Gasteiger partial charge on any atom is 0.307 e. The molecular weight excluding hydrogens is 252 g/mol. The molecular formula is C13H18O4S. The number of hydrogen-bond donors (Lipinski definition) is 1. The Morgan fingerprint density at radius 1 is 1.17 bits per heavy atom. The highest BCUT2D eigenvalue weighted by Gasteiger charge is 2.22. The molecule has 1 unspecified atom stereocenters. The Morgan fingerprint density at radius 2 is 1.67 bits per heavy atom. The third kappa shape index (κ3) is 3.57. The summed E-state index contributed by atoms with van der Waals surface area (Å²) in [5.41, 5.74) is 1.06. The highest BCUT2D eigenvalue weighted by molar-refractivity contribution is 7.91. The summed E-state index contributed by atoms with van der Waals surface area (Å²) in [4.78, 5) is 10.9. The second-order valence-electron chi connectivity index (χ2n) is 4.74. The number of carboxylic acid groups (broad SMARTS) is 1. The van der Waals surface area contributed by atoms with Gasteiger partial charge in [-0.05, 0) is 23.6 Å². The smallest absolute Gasteiger partial charge is 0.307 e. The molecule has 100 valence electrons. The number of hydrogen-bond acceptors (Lipinski definition) is 3. The van der Waals surface area contributed by atoms with E-state index in [9.17, 15) is 13.2 Å². The van der Waals surface area contributed by atoms with Gasteiger partial charge >= 0.3 is 5.97 Å². The summed E-state index contributed by atoms with van der Waals surface area (Å²) in [5.74, 6) is -2.04. The molecule has 0 radical (unpaired) electrons. The molecule has 1 atom stereocenters. The van der Waals surface area contributed by atoms with Crippen molar-refractivity contribution in [1.29, 1.82) is 0 Å². The van der Waals surface area contributed by atoms with E-state index < -0.39 is 21.7 Å². The van der Waals surface area contributed by atoms with E-state index in [1.165, 1.54) is 6.92 Å². The summed E-state index contributed by atoms with van der Waals surface area (Å²) in [6, 6.07) is 6.62. The van der Waals surface area contributed by atoms with Crippen LogP contribution in [0.1, 0.15) is 32.3 Å². The van der Waals surface area contributed by atoms with Crippen molar-refractivity contribution < 1.29 is 18.3 Å². The van der Waals surface area contributed by atoms with E-state index in [0.29, 0.717) is 5.92 Å². The zero-order valence-electron chi connectivity index (χ0n) is 10.8. The first-order chi connectivity index (χ1) is 8.24. The van der Waals surface area contributed by atoms with Crippen molar-refractivity contribution in [2.75, 3.05) is 5.75 Å². The SMILES string of the molecule is CC(CS(=O)(=O)c1ccc(C(C)C)cc1)C(=O)O. The van der Waals surface area contributed by atoms with Crippen molar-refractivity contribution in [2.24, 2.45) is 5.92 Å². The molecule has 0 aliphatic rings. The average Bonchev–Trinajstić information content (AvgIpc) is 2.28. The zero-order chi connectivity index (χ0) is 13.9. The predicted molar refractivity (Wildman–Crippen MR) is 69.4 cm³/mol. The Labute approximate surface area is 108 Å². The van der Waals surface area contributed by atoms with Gasteiger partial charge in [0.05, 0.1) is 16.6 Å². The molecule has 0 aliphatic heterocycles. The van der Waals surface area contributed by atoms with Gasteiger partial charge in [0.25, 0.3) is 0 Å². The van der Waals surface area contributed by atoms with Crippen LogP contribution in [-0.2, 0) is 14.6 Å². The molecule has 0 aliphatic carbocycles. The minimum atomic E-state index is -3.53. The molecule has 1 aromatic carbocycles. The molecule has 1 rings (SSSR count). The van der Waals surface area contributed by atoms with E-state index in [4.69, 9.17) is 5.11 Å². The van der Waals surface area contributed by atoms with Gasteiger partial charge < -0.3 is 5.11 Å². The molecule has 0 heterocycles. The van der Waals surface area contributed by atoms with Gasteiger partial charge in [-0.25, -0.2) is 8.42 Å². The topological polar surface area (TPSA) is 71.4 Å². The van der Waals surface area contributed by atoms with Crippen molar-refractivity contribution >= 4 is 15.8 Å². The molecule has 0 saturated heterocycles. The molecule has 0 spiro atoms. The quantitative estimate of drug-likeness (QED) is 0.891. The lowest BCUT2D eigenvalue weighted by Crippen LogP contribution is -2.21. The number of sulfone groups is 1. The van der Waals surface area contributed by atoms with Crippen molar-refractivity contribution in [3.05, 3.63) is 29.8 Å².